The second-order valence-corrected chi connectivity index (χ2v) is 6.11. The molecule has 2 heterocycles. The molecule has 1 aromatic carbocycles. The van der Waals surface area contributed by atoms with Gasteiger partial charge < -0.3 is 5.32 Å². The van der Waals surface area contributed by atoms with Crippen LogP contribution in [0.3, 0.4) is 0 Å². The molecular formula is C11H12N4O3S. The molecule has 0 saturated carbocycles. The summed E-state index contributed by atoms with van der Waals surface area (Å²) in [4.78, 5) is 12.0. The molecule has 2 aromatic rings. The van der Waals surface area contributed by atoms with Crippen LogP contribution in [0.15, 0.2) is 34.0 Å². The van der Waals surface area contributed by atoms with Gasteiger partial charge in [-0.2, -0.15) is 8.42 Å². The lowest BCUT2D eigenvalue weighted by Gasteiger charge is -2.03. The number of nitrogens with one attached hydrogen (secondary N) is 1. The lowest BCUT2D eigenvalue weighted by molar-refractivity contribution is 0.575. The van der Waals surface area contributed by atoms with Crippen molar-refractivity contribution in [3.63, 3.8) is 0 Å². The minimum atomic E-state index is -3.93. The molecule has 19 heavy (non-hydrogen) atoms. The van der Waals surface area contributed by atoms with E-state index >= 15 is 0 Å². The van der Waals surface area contributed by atoms with Crippen molar-refractivity contribution in [2.24, 2.45) is 0 Å². The number of hydrogen-bond acceptors (Lipinski definition) is 5. The zero-order valence-corrected chi connectivity index (χ0v) is 11.0. The Bertz CT molecular complexity index is 786. The van der Waals surface area contributed by atoms with Crippen molar-refractivity contribution in [1.29, 1.82) is 0 Å². The number of nitrogens with zero attached hydrogens (tertiary/aromatic N) is 3. The normalized spacial score (nSPS) is 14.2. The van der Waals surface area contributed by atoms with E-state index in [1.807, 2.05) is 6.92 Å². The van der Waals surface area contributed by atoms with E-state index in [9.17, 15) is 13.2 Å². The minimum Gasteiger partial charge on any atom is -0.352 e. The molecule has 0 saturated heterocycles. The van der Waals surface area contributed by atoms with Gasteiger partial charge in [0.25, 0.3) is 10.0 Å². The monoisotopic (exact) mass is 280 g/mol. The fourth-order valence-electron chi connectivity index (χ4n) is 1.96. The Hall–Kier alpha value is -2.09. The van der Waals surface area contributed by atoms with Crippen LogP contribution in [0.2, 0.25) is 0 Å². The van der Waals surface area contributed by atoms with Crippen molar-refractivity contribution in [3.05, 3.63) is 40.3 Å². The fourth-order valence-corrected chi connectivity index (χ4v) is 3.12. The highest BCUT2D eigenvalue weighted by atomic mass is 32.2. The van der Waals surface area contributed by atoms with E-state index in [1.165, 1.54) is 16.7 Å². The Kier molecular flexibility index (Phi) is 2.49. The molecule has 100 valence electrons. The predicted molar refractivity (Wildman–Crippen MR) is 68.7 cm³/mol. The van der Waals surface area contributed by atoms with Gasteiger partial charge in [0.05, 0.1) is 4.90 Å². The van der Waals surface area contributed by atoms with Crippen LogP contribution in [0, 0.1) is 6.92 Å². The number of hydrogen-bond donors (Lipinski definition) is 1. The molecule has 1 aliphatic heterocycles. The topological polar surface area (TPSA) is 86.0 Å². The van der Waals surface area contributed by atoms with Gasteiger partial charge in [-0.05, 0) is 19.1 Å². The van der Waals surface area contributed by atoms with Crippen LogP contribution in [0.5, 0.6) is 0 Å². The third kappa shape index (κ3) is 1.75. The largest absolute Gasteiger partial charge is 0.362 e. The fraction of sp³-hybridized carbons (Fsp3) is 0.273. The van der Waals surface area contributed by atoms with Gasteiger partial charge in [0.1, 0.15) is 0 Å². The van der Waals surface area contributed by atoms with Gasteiger partial charge in [0.15, 0.2) is 0 Å². The van der Waals surface area contributed by atoms with Crippen molar-refractivity contribution in [2.45, 2.75) is 18.4 Å². The van der Waals surface area contributed by atoms with Crippen LogP contribution < -0.4 is 11.0 Å². The van der Waals surface area contributed by atoms with Crippen LogP contribution in [0.4, 0.5) is 5.95 Å². The highest BCUT2D eigenvalue weighted by Crippen LogP contribution is 2.14. The second-order valence-electron chi connectivity index (χ2n) is 4.35. The number of aryl methyl sites for hydroxylation is 1. The molecule has 0 bridgehead atoms. The zero-order valence-electron chi connectivity index (χ0n) is 10.2. The molecule has 0 atom stereocenters. The first-order valence-corrected chi connectivity index (χ1v) is 7.20. The van der Waals surface area contributed by atoms with E-state index in [2.05, 4.69) is 10.4 Å². The summed E-state index contributed by atoms with van der Waals surface area (Å²) in [5.41, 5.74) is 0.306. The van der Waals surface area contributed by atoms with Gasteiger partial charge in [-0.3, -0.25) is 4.57 Å². The molecule has 1 N–H and O–H groups in total. The number of benzene rings is 1. The van der Waals surface area contributed by atoms with Crippen LogP contribution >= 0.6 is 0 Å². The Morgan fingerprint density at radius 3 is 2.58 bits per heavy atom. The summed E-state index contributed by atoms with van der Waals surface area (Å²) >= 11 is 0. The molecule has 0 aliphatic carbocycles. The first-order chi connectivity index (χ1) is 9.00. The highest BCUT2D eigenvalue weighted by molar-refractivity contribution is 7.89. The number of fused-ring (bicyclic) bond motifs is 1. The maximum atomic E-state index is 12.3. The Balaban J connectivity index is 2.16. The summed E-state index contributed by atoms with van der Waals surface area (Å²) in [5, 5.41) is 6.69. The predicted octanol–water partition coefficient (Wildman–Crippen LogP) is 0.0157. The van der Waals surface area contributed by atoms with Gasteiger partial charge in [0, 0.05) is 13.1 Å². The third-order valence-electron chi connectivity index (χ3n) is 3.00. The van der Waals surface area contributed by atoms with Crippen LogP contribution in [-0.2, 0) is 16.6 Å². The molecule has 0 radical (unpaired) electrons. The molecule has 3 rings (SSSR count). The summed E-state index contributed by atoms with van der Waals surface area (Å²) in [6.07, 6.45) is 0. The number of rotatable bonds is 2. The molecule has 1 aliphatic rings. The average Bonchev–Trinajstić information content (AvgIpc) is 2.93. The smallest absolute Gasteiger partial charge is 0.352 e. The maximum Gasteiger partial charge on any atom is 0.362 e. The Labute approximate surface area is 109 Å². The van der Waals surface area contributed by atoms with Gasteiger partial charge >= 0.3 is 5.69 Å². The summed E-state index contributed by atoms with van der Waals surface area (Å²) < 4.78 is 26.5. The van der Waals surface area contributed by atoms with E-state index in [0.29, 0.717) is 23.1 Å². The van der Waals surface area contributed by atoms with Crippen molar-refractivity contribution in [3.8, 4) is 0 Å². The number of aromatic nitrogens is 3. The molecule has 0 fully saturated rings. The average molecular weight is 280 g/mol. The molecule has 0 amide bonds. The van der Waals surface area contributed by atoms with E-state index in [0.717, 1.165) is 5.56 Å². The van der Waals surface area contributed by atoms with Gasteiger partial charge in [-0.25, -0.2) is 4.79 Å². The van der Waals surface area contributed by atoms with Crippen molar-refractivity contribution in [1.82, 2.24) is 13.8 Å². The van der Waals surface area contributed by atoms with Crippen LogP contribution in [-0.4, -0.2) is 28.7 Å². The van der Waals surface area contributed by atoms with Crippen molar-refractivity contribution in [2.75, 3.05) is 11.9 Å². The maximum absolute atomic E-state index is 12.3. The minimum absolute atomic E-state index is 0.0528. The molecule has 8 heteroatoms. The second kappa shape index (κ2) is 3.95. The van der Waals surface area contributed by atoms with E-state index < -0.39 is 15.7 Å². The summed E-state index contributed by atoms with van der Waals surface area (Å²) in [5.74, 6) is 0.292. The first-order valence-electron chi connectivity index (χ1n) is 5.76. The molecular weight excluding hydrogens is 268 g/mol. The highest BCUT2D eigenvalue weighted by Gasteiger charge is 2.26. The lowest BCUT2D eigenvalue weighted by Crippen LogP contribution is -2.30. The van der Waals surface area contributed by atoms with E-state index in [4.69, 9.17) is 0 Å². The Morgan fingerprint density at radius 1 is 1.26 bits per heavy atom. The third-order valence-corrected chi connectivity index (χ3v) is 4.56. The van der Waals surface area contributed by atoms with Crippen LogP contribution in [0.1, 0.15) is 5.56 Å². The van der Waals surface area contributed by atoms with E-state index in [-0.39, 0.29) is 4.90 Å². The molecule has 0 spiro atoms. The summed E-state index contributed by atoms with van der Waals surface area (Å²) in [6.45, 7) is 2.87. The van der Waals surface area contributed by atoms with Crippen LogP contribution in [0.25, 0.3) is 0 Å². The van der Waals surface area contributed by atoms with Crippen molar-refractivity contribution >= 4 is 16.0 Å². The molecule has 0 unspecified atom stereocenters. The van der Waals surface area contributed by atoms with Gasteiger partial charge in [-0.15, -0.1) is 5.10 Å². The van der Waals surface area contributed by atoms with Gasteiger partial charge in [-0.1, -0.05) is 21.8 Å². The first kappa shape index (κ1) is 12.0. The summed E-state index contributed by atoms with van der Waals surface area (Å²) in [7, 11) is -3.93. The van der Waals surface area contributed by atoms with Crippen molar-refractivity contribution < 1.29 is 8.42 Å². The number of anilines is 1. The molecule has 7 nitrogen and oxygen atoms in total. The van der Waals surface area contributed by atoms with E-state index in [1.54, 1.807) is 12.1 Å². The molecule has 1 aromatic heterocycles. The standard InChI is InChI=1S/C11H12N4O3S/c1-8-2-4-9(5-3-8)19(17,18)15-11(16)14-7-6-12-10(14)13-15/h2-5H,6-7H2,1H3,(H,12,13). The lowest BCUT2D eigenvalue weighted by atomic mass is 10.2. The Morgan fingerprint density at radius 2 is 1.95 bits per heavy atom. The van der Waals surface area contributed by atoms with Gasteiger partial charge in [0.2, 0.25) is 5.95 Å². The quantitative estimate of drug-likeness (QED) is 0.838. The zero-order chi connectivity index (χ0) is 13.6. The summed E-state index contributed by atoms with van der Waals surface area (Å²) in [6, 6.07) is 6.30. The SMILES string of the molecule is Cc1ccc(S(=O)(=O)n2nc3n(c2=O)CCN3)cc1.